The third kappa shape index (κ3) is 5.57. The van der Waals surface area contributed by atoms with Gasteiger partial charge in [0.25, 0.3) is 0 Å². The average Bonchev–Trinajstić information content (AvgIpc) is 2.47. The first-order valence-corrected chi connectivity index (χ1v) is 8.19. The standard InChI is InChI=1S/C17H31NO5/c1-11(2)6-5-9-17(3,21)15-12(19)7-8-13(16(15)22-4)23-14(20)10-18/h6,12-13,15-16,19,21H,5,7-10,18H2,1-4H3/t12-,13-,15-,16-,17+/m1/s1. The fourth-order valence-electron chi connectivity index (χ4n) is 3.36. The van der Waals surface area contributed by atoms with E-state index in [1.165, 1.54) is 12.7 Å². The zero-order valence-corrected chi connectivity index (χ0v) is 14.6. The molecule has 1 fully saturated rings. The number of esters is 1. The van der Waals surface area contributed by atoms with Gasteiger partial charge < -0.3 is 25.4 Å². The van der Waals surface area contributed by atoms with Crippen LogP contribution in [0, 0.1) is 5.92 Å². The van der Waals surface area contributed by atoms with Crippen molar-refractivity contribution >= 4 is 5.97 Å². The molecule has 5 atom stereocenters. The zero-order valence-electron chi connectivity index (χ0n) is 14.6. The largest absolute Gasteiger partial charge is 0.459 e. The van der Waals surface area contributed by atoms with Crippen LogP contribution in [0.4, 0.5) is 0 Å². The van der Waals surface area contributed by atoms with Crippen LogP contribution in [-0.2, 0) is 14.3 Å². The second-order valence-electron chi connectivity index (χ2n) is 6.78. The van der Waals surface area contributed by atoms with Crippen LogP contribution in [-0.4, -0.2) is 53.7 Å². The van der Waals surface area contributed by atoms with E-state index in [0.29, 0.717) is 25.7 Å². The molecule has 0 aromatic carbocycles. The van der Waals surface area contributed by atoms with Crippen LogP contribution in [0.15, 0.2) is 11.6 Å². The van der Waals surface area contributed by atoms with Crippen molar-refractivity contribution in [2.75, 3.05) is 13.7 Å². The lowest BCUT2D eigenvalue weighted by molar-refractivity contribution is -0.194. The summed E-state index contributed by atoms with van der Waals surface area (Å²) in [5.41, 5.74) is 5.36. The van der Waals surface area contributed by atoms with E-state index < -0.39 is 35.8 Å². The summed E-state index contributed by atoms with van der Waals surface area (Å²) < 4.78 is 10.8. The molecule has 6 heteroatoms. The maximum atomic E-state index is 11.5. The highest BCUT2D eigenvalue weighted by atomic mass is 16.6. The van der Waals surface area contributed by atoms with Gasteiger partial charge in [-0.15, -0.1) is 0 Å². The average molecular weight is 329 g/mol. The normalized spacial score (nSPS) is 30.4. The van der Waals surface area contributed by atoms with Crippen LogP contribution in [0.2, 0.25) is 0 Å². The Hall–Kier alpha value is -0.950. The smallest absolute Gasteiger partial charge is 0.320 e. The van der Waals surface area contributed by atoms with Crippen LogP contribution in [0.25, 0.3) is 0 Å². The summed E-state index contributed by atoms with van der Waals surface area (Å²) in [5, 5.41) is 21.3. The van der Waals surface area contributed by atoms with E-state index >= 15 is 0 Å². The van der Waals surface area contributed by atoms with Gasteiger partial charge in [0.05, 0.1) is 18.2 Å². The van der Waals surface area contributed by atoms with Crippen molar-refractivity contribution in [2.24, 2.45) is 11.7 Å². The molecule has 0 amide bonds. The molecule has 0 saturated heterocycles. The molecule has 1 rings (SSSR count). The predicted octanol–water partition coefficient (Wildman–Crippen LogP) is 1.14. The number of carbonyl (C=O) groups excluding carboxylic acids is 1. The van der Waals surface area contributed by atoms with Gasteiger partial charge in [-0.3, -0.25) is 4.79 Å². The summed E-state index contributed by atoms with van der Waals surface area (Å²) in [6, 6.07) is 0. The van der Waals surface area contributed by atoms with Gasteiger partial charge in [0.15, 0.2) is 0 Å². The third-order valence-electron chi connectivity index (χ3n) is 4.52. The molecule has 0 radical (unpaired) electrons. The third-order valence-corrected chi connectivity index (χ3v) is 4.52. The van der Waals surface area contributed by atoms with Gasteiger partial charge in [0.2, 0.25) is 0 Å². The number of methoxy groups -OCH3 is 1. The minimum atomic E-state index is -1.13. The Morgan fingerprint density at radius 3 is 2.57 bits per heavy atom. The predicted molar refractivity (Wildman–Crippen MR) is 87.8 cm³/mol. The molecular weight excluding hydrogens is 298 g/mol. The van der Waals surface area contributed by atoms with Gasteiger partial charge in [-0.1, -0.05) is 11.6 Å². The number of aliphatic hydroxyl groups excluding tert-OH is 1. The Kier molecular flexibility index (Phi) is 7.67. The molecular formula is C17H31NO5. The van der Waals surface area contributed by atoms with Crippen molar-refractivity contribution in [3.8, 4) is 0 Å². The second-order valence-corrected chi connectivity index (χ2v) is 6.78. The van der Waals surface area contributed by atoms with Crippen molar-refractivity contribution in [1.82, 2.24) is 0 Å². The number of hydrogen-bond acceptors (Lipinski definition) is 6. The van der Waals surface area contributed by atoms with E-state index in [9.17, 15) is 15.0 Å². The highest BCUT2D eigenvalue weighted by Gasteiger charge is 2.49. The second kappa shape index (κ2) is 8.78. The minimum Gasteiger partial charge on any atom is -0.459 e. The zero-order chi connectivity index (χ0) is 17.6. The Morgan fingerprint density at radius 1 is 1.39 bits per heavy atom. The van der Waals surface area contributed by atoms with Gasteiger partial charge in [0, 0.05) is 13.0 Å². The van der Waals surface area contributed by atoms with Crippen LogP contribution in [0.1, 0.15) is 46.5 Å². The molecule has 1 saturated carbocycles. The van der Waals surface area contributed by atoms with Crippen LogP contribution in [0.3, 0.4) is 0 Å². The van der Waals surface area contributed by atoms with E-state index in [2.05, 4.69) is 6.08 Å². The number of carbonyl (C=O) groups is 1. The molecule has 23 heavy (non-hydrogen) atoms. The van der Waals surface area contributed by atoms with Gasteiger partial charge >= 0.3 is 5.97 Å². The summed E-state index contributed by atoms with van der Waals surface area (Å²) in [6.07, 6.45) is 2.44. The van der Waals surface area contributed by atoms with Gasteiger partial charge in [-0.25, -0.2) is 0 Å². The molecule has 6 nitrogen and oxygen atoms in total. The first-order valence-electron chi connectivity index (χ1n) is 8.19. The molecule has 0 heterocycles. The van der Waals surface area contributed by atoms with Crippen molar-refractivity contribution in [3.63, 3.8) is 0 Å². The lowest BCUT2D eigenvalue weighted by Crippen LogP contribution is -2.57. The van der Waals surface area contributed by atoms with Crippen molar-refractivity contribution < 1.29 is 24.5 Å². The first-order chi connectivity index (χ1) is 10.7. The Bertz CT molecular complexity index is 417. The topological polar surface area (TPSA) is 102 Å². The van der Waals surface area contributed by atoms with Crippen molar-refractivity contribution in [2.45, 2.75) is 70.4 Å². The number of aliphatic hydroxyl groups is 2. The lowest BCUT2D eigenvalue weighted by Gasteiger charge is -2.46. The molecule has 1 aliphatic rings. The molecule has 0 aromatic rings. The van der Waals surface area contributed by atoms with Crippen LogP contribution >= 0.6 is 0 Å². The summed E-state index contributed by atoms with van der Waals surface area (Å²) in [7, 11) is 1.51. The van der Waals surface area contributed by atoms with E-state index in [-0.39, 0.29) is 6.54 Å². The van der Waals surface area contributed by atoms with Crippen LogP contribution < -0.4 is 5.73 Å². The number of hydrogen-bond donors (Lipinski definition) is 3. The first kappa shape index (κ1) is 20.1. The molecule has 4 N–H and O–H groups in total. The highest BCUT2D eigenvalue weighted by Crippen LogP contribution is 2.38. The maximum absolute atomic E-state index is 11.5. The van der Waals surface area contributed by atoms with E-state index in [4.69, 9.17) is 15.2 Å². The molecule has 0 aromatic heterocycles. The maximum Gasteiger partial charge on any atom is 0.320 e. The quantitative estimate of drug-likeness (QED) is 0.478. The van der Waals surface area contributed by atoms with E-state index in [0.717, 1.165) is 0 Å². The Morgan fingerprint density at radius 2 is 2.04 bits per heavy atom. The van der Waals surface area contributed by atoms with Crippen molar-refractivity contribution in [1.29, 1.82) is 0 Å². The summed E-state index contributed by atoms with van der Waals surface area (Å²) >= 11 is 0. The molecule has 0 unspecified atom stereocenters. The fourth-order valence-corrected chi connectivity index (χ4v) is 3.36. The number of ether oxygens (including phenoxy) is 2. The Labute approximate surface area is 138 Å². The van der Waals surface area contributed by atoms with Crippen molar-refractivity contribution in [3.05, 3.63) is 11.6 Å². The molecule has 0 aliphatic heterocycles. The van der Waals surface area contributed by atoms with Gasteiger partial charge in [0.1, 0.15) is 12.2 Å². The highest BCUT2D eigenvalue weighted by molar-refractivity contribution is 5.71. The monoisotopic (exact) mass is 329 g/mol. The molecule has 1 aliphatic carbocycles. The van der Waals surface area contributed by atoms with E-state index in [1.54, 1.807) is 6.92 Å². The molecule has 134 valence electrons. The number of rotatable bonds is 7. The molecule has 0 bridgehead atoms. The minimum absolute atomic E-state index is 0.197. The van der Waals surface area contributed by atoms with Gasteiger partial charge in [-0.2, -0.15) is 0 Å². The van der Waals surface area contributed by atoms with Gasteiger partial charge in [-0.05, 0) is 46.5 Å². The van der Waals surface area contributed by atoms with E-state index in [1.807, 2.05) is 13.8 Å². The summed E-state index contributed by atoms with van der Waals surface area (Å²) in [6.45, 7) is 5.52. The number of nitrogens with two attached hydrogens (primary N) is 1. The van der Waals surface area contributed by atoms with Crippen LogP contribution in [0.5, 0.6) is 0 Å². The SMILES string of the molecule is CO[C@H]1[C@H]([C@@](C)(O)CCC=C(C)C)[C@H](O)CC[C@H]1OC(=O)CN. The summed E-state index contributed by atoms with van der Waals surface area (Å²) in [4.78, 5) is 11.5. The fraction of sp³-hybridized carbons (Fsp3) is 0.824. The molecule has 0 spiro atoms. The number of allylic oxidation sites excluding steroid dienone is 2. The summed E-state index contributed by atoms with van der Waals surface area (Å²) in [5.74, 6) is -1.03. The lowest BCUT2D eigenvalue weighted by atomic mass is 9.71. The Balaban J connectivity index is 2.89.